The van der Waals surface area contributed by atoms with Crippen molar-refractivity contribution in [2.45, 2.75) is 26.2 Å². The summed E-state index contributed by atoms with van der Waals surface area (Å²) < 4.78 is 0. The summed E-state index contributed by atoms with van der Waals surface area (Å²) in [6, 6.07) is 13.0. The van der Waals surface area contributed by atoms with Crippen molar-refractivity contribution in [3.8, 4) is 11.5 Å². The van der Waals surface area contributed by atoms with Gasteiger partial charge in [0.1, 0.15) is 11.5 Å². The Kier molecular flexibility index (Phi) is 3.88. The lowest BCUT2D eigenvalue weighted by atomic mass is 10.0. The molecule has 2 rings (SSSR count). The van der Waals surface area contributed by atoms with E-state index in [9.17, 15) is 10.2 Å². The minimum absolute atomic E-state index is 0.303. The van der Waals surface area contributed by atoms with Crippen molar-refractivity contribution < 1.29 is 10.2 Å². The van der Waals surface area contributed by atoms with E-state index in [1.807, 2.05) is 18.2 Å². The van der Waals surface area contributed by atoms with E-state index in [2.05, 4.69) is 13.0 Å². The highest BCUT2D eigenvalue weighted by Gasteiger charge is 2.01. The van der Waals surface area contributed by atoms with Crippen molar-refractivity contribution in [2.24, 2.45) is 0 Å². The first-order valence-electron chi connectivity index (χ1n) is 6.27. The van der Waals surface area contributed by atoms with Crippen LogP contribution in [0.4, 0.5) is 0 Å². The second-order valence-electron chi connectivity index (χ2n) is 4.53. The van der Waals surface area contributed by atoms with Gasteiger partial charge in [-0.05, 0) is 60.2 Å². The predicted octanol–water partition coefficient (Wildman–Crippen LogP) is 3.45. The van der Waals surface area contributed by atoms with Crippen LogP contribution in [0.15, 0.2) is 42.5 Å². The monoisotopic (exact) mass is 242 g/mol. The zero-order valence-corrected chi connectivity index (χ0v) is 10.6. The van der Waals surface area contributed by atoms with E-state index < -0.39 is 0 Å². The highest BCUT2D eigenvalue weighted by Crippen LogP contribution is 2.19. The van der Waals surface area contributed by atoms with Crippen molar-refractivity contribution >= 4 is 0 Å². The third-order valence-electron chi connectivity index (χ3n) is 3.06. The molecule has 2 aromatic carbocycles. The van der Waals surface area contributed by atoms with Gasteiger partial charge in [0, 0.05) is 0 Å². The number of hydrogen-bond donors (Lipinski definition) is 2. The van der Waals surface area contributed by atoms with Crippen molar-refractivity contribution in [3.63, 3.8) is 0 Å². The Balaban J connectivity index is 2.08. The van der Waals surface area contributed by atoms with Gasteiger partial charge in [0.05, 0.1) is 0 Å². The number of phenols is 2. The quantitative estimate of drug-likeness (QED) is 0.862. The van der Waals surface area contributed by atoms with Crippen LogP contribution in [-0.2, 0) is 19.3 Å². The van der Waals surface area contributed by atoms with Gasteiger partial charge in [-0.2, -0.15) is 0 Å². The average Bonchev–Trinajstić information content (AvgIpc) is 2.36. The zero-order valence-electron chi connectivity index (χ0n) is 10.6. The van der Waals surface area contributed by atoms with Gasteiger partial charge in [0.15, 0.2) is 0 Å². The van der Waals surface area contributed by atoms with E-state index in [0.717, 1.165) is 36.0 Å². The summed E-state index contributed by atoms with van der Waals surface area (Å²) in [4.78, 5) is 0. The SMILES string of the molecule is CCc1cc(O)cc(CCc2cccc(O)c2)c1. The highest BCUT2D eigenvalue weighted by atomic mass is 16.3. The Bertz CT molecular complexity index is 532. The summed E-state index contributed by atoms with van der Waals surface area (Å²) in [5.41, 5.74) is 3.40. The fraction of sp³-hybridized carbons (Fsp3) is 0.250. The number of aromatic hydroxyl groups is 2. The second-order valence-corrected chi connectivity index (χ2v) is 4.53. The van der Waals surface area contributed by atoms with Crippen LogP contribution in [0, 0.1) is 0 Å². The maximum atomic E-state index is 9.63. The van der Waals surface area contributed by atoms with Gasteiger partial charge in [-0.25, -0.2) is 0 Å². The third kappa shape index (κ3) is 3.27. The molecule has 0 unspecified atom stereocenters. The second kappa shape index (κ2) is 5.58. The average molecular weight is 242 g/mol. The van der Waals surface area contributed by atoms with Crippen LogP contribution in [0.2, 0.25) is 0 Å². The van der Waals surface area contributed by atoms with E-state index >= 15 is 0 Å². The molecule has 2 nitrogen and oxygen atoms in total. The zero-order chi connectivity index (χ0) is 13.0. The van der Waals surface area contributed by atoms with E-state index in [1.165, 1.54) is 0 Å². The van der Waals surface area contributed by atoms with Gasteiger partial charge >= 0.3 is 0 Å². The molecule has 2 heteroatoms. The Labute approximate surface area is 108 Å². The smallest absolute Gasteiger partial charge is 0.116 e. The van der Waals surface area contributed by atoms with E-state index in [-0.39, 0.29) is 0 Å². The summed E-state index contributed by atoms with van der Waals surface area (Å²) in [5, 5.41) is 19.0. The van der Waals surface area contributed by atoms with Crippen LogP contribution in [0.25, 0.3) is 0 Å². The molecule has 94 valence electrons. The lowest BCUT2D eigenvalue weighted by Gasteiger charge is -2.06. The Morgan fingerprint density at radius 3 is 2.17 bits per heavy atom. The van der Waals surface area contributed by atoms with Crippen molar-refractivity contribution in [1.82, 2.24) is 0 Å². The molecule has 0 bridgehead atoms. The minimum Gasteiger partial charge on any atom is -0.508 e. The Morgan fingerprint density at radius 2 is 1.44 bits per heavy atom. The van der Waals surface area contributed by atoms with E-state index in [0.29, 0.717) is 11.5 Å². The molecule has 0 radical (unpaired) electrons. The van der Waals surface area contributed by atoms with Crippen LogP contribution in [0.5, 0.6) is 11.5 Å². The van der Waals surface area contributed by atoms with Crippen molar-refractivity contribution in [1.29, 1.82) is 0 Å². The van der Waals surface area contributed by atoms with Gasteiger partial charge in [-0.3, -0.25) is 0 Å². The van der Waals surface area contributed by atoms with Crippen LogP contribution in [0.1, 0.15) is 23.6 Å². The number of hydrogen-bond acceptors (Lipinski definition) is 2. The fourth-order valence-corrected chi connectivity index (χ4v) is 2.09. The topological polar surface area (TPSA) is 40.5 Å². The molecule has 0 aliphatic heterocycles. The lowest BCUT2D eigenvalue weighted by molar-refractivity contribution is 0.473. The minimum atomic E-state index is 0.303. The maximum absolute atomic E-state index is 9.63. The van der Waals surface area contributed by atoms with Gasteiger partial charge in [0.25, 0.3) is 0 Å². The molecule has 0 aromatic heterocycles. The highest BCUT2D eigenvalue weighted by molar-refractivity contribution is 5.34. The number of benzene rings is 2. The van der Waals surface area contributed by atoms with Crippen LogP contribution >= 0.6 is 0 Å². The number of aryl methyl sites for hydroxylation is 3. The molecule has 0 aliphatic carbocycles. The molecule has 0 amide bonds. The molecule has 0 saturated heterocycles. The molecule has 2 N–H and O–H groups in total. The molecular weight excluding hydrogens is 224 g/mol. The normalized spacial score (nSPS) is 10.5. The molecular formula is C16H18O2. The summed E-state index contributed by atoms with van der Waals surface area (Å²) in [7, 11) is 0. The standard InChI is InChI=1S/C16H18O2/c1-2-12-8-14(11-16(18)9-12)7-6-13-4-3-5-15(17)10-13/h3-5,8-11,17-18H,2,6-7H2,1H3. The Hall–Kier alpha value is -1.96. The molecule has 0 spiro atoms. The predicted molar refractivity (Wildman–Crippen MR) is 73.0 cm³/mol. The molecule has 0 heterocycles. The molecule has 0 fully saturated rings. The summed E-state index contributed by atoms with van der Waals surface area (Å²) in [6.07, 6.45) is 2.65. The van der Waals surface area contributed by atoms with Gasteiger partial charge in [0.2, 0.25) is 0 Å². The molecule has 0 aliphatic rings. The fourth-order valence-electron chi connectivity index (χ4n) is 2.09. The number of phenolic OH excluding ortho intramolecular Hbond substituents is 2. The summed E-state index contributed by atoms with van der Waals surface area (Å²) >= 11 is 0. The van der Waals surface area contributed by atoms with Gasteiger partial charge < -0.3 is 10.2 Å². The van der Waals surface area contributed by atoms with E-state index in [1.54, 1.807) is 18.2 Å². The first-order chi connectivity index (χ1) is 8.67. The maximum Gasteiger partial charge on any atom is 0.116 e. The van der Waals surface area contributed by atoms with Gasteiger partial charge in [-0.15, -0.1) is 0 Å². The summed E-state index contributed by atoms with van der Waals surface area (Å²) in [6.45, 7) is 2.08. The first kappa shape index (κ1) is 12.5. The van der Waals surface area contributed by atoms with Crippen molar-refractivity contribution in [2.75, 3.05) is 0 Å². The van der Waals surface area contributed by atoms with Crippen LogP contribution < -0.4 is 0 Å². The third-order valence-corrected chi connectivity index (χ3v) is 3.06. The van der Waals surface area contributed by atoms with Gasteiger partial charge in [-0.1, -0.05) is 25.1 Å². The van der Waals surface area contributed by atoms with Crippen LogP contribution in [0.3, 0.4) is 0 Å². The van der Waals surface area contributed by atoms with Crippen LogP contribution in [-0.4, -0.2) is 10.2 Å². The largest absolute Gasteiger partial charge is 0.508 e. The molecule has 18 heavy (non-hydrogen) atoms. The van der Waals surface area contributed by atoms with E-state index in [4.69, 9.17) is 0 Å². The molecule has 0 saturated carbocycles. The molecule has 0 atom stereocenters. The molecule has 2 aromatic rings. The summed E-state index contributed by atoms with van der Waals surface area (Å²) in [5.74, 6) is 0.637. The number of rotatable bonds is 4. The lowest BCUT2D eigenvalue weighted by Crippen LogP contribution is -1.93. The first-order valence-corrected chi connectivity index (χ1v) is 6.27. The Morgan fingerprint density at radius 1 is 0.778 bits per heavy atom. The van der Waals surface area contributed by atoms with Crippen molar-refractivity contribution in [3.05, 3.63) is 59.2 Å².